The molecule has 0 saturated carbocycles. The van der Waals surface area contributed by atoms with Crippen LogP contribution in [0.25, 0.3) is 0 Å². The van der Waals surface area contributed by atoms with Crippen molar-refractivity contribution in [2.24, 2.45) is 5.41 Å². The molecule has 1 fully saturated rings. The van der Waals surface area contributed by atoms with Crippen LogP contribution < -0.4 is 0 Å². The second kappa shape index (κ2) is 5.30. The van der Waals surface area contributed by atoms with Gasteiger partial charge < -0.3 is 4.90 Å². The zero-order valence-electron chi connectivity index (χ0n) is 10.6. The Balaban J connectivity index is 2.17. The number of likely N-dealkylation sites (tertiary alicyclic amines) is 1. The molecule has 100 valence electrons. The molecule has 2 rings (SSSR count). The van der Waals surface area contributed by atoms with Crippen LogP contribution in [-0.2, 0) is 0 Å². The van der Waals surface area contributed by atoms with Crippen molar-refractivity contribution in [2.45, 2.75) is 19.8 Å². The molecule has 1 amide bonds. The largest absolute Gasteiger partial charge is 0.338 e. The van der Waals surface area contributed by atoms with Gasteiger partial charge in [0.2, 0.25) is 0 Å². The maximum absolute atomic E-state index is 13.7. The smallest absolute Gasteiger partial charge is 0.257 e. The molecule has 0 aliphatic carbocycles. The van der Waals surface area contributed by atoms with Crippen molar-refractivity contribution in [3.05, 3.63) is 34.1 Å². The fourth-order valence-corrected chi connectivity index (χ4v) is 2.69. The van der Waals surface area contributed by atoms with Crippen LogP contribution in [0.2, 0.25) is 0 Å². The normalized spacial score (nSPS) is 17.9. The van der Waals surface area contributed by atoms with Gasteiger partial charge in [-0.1, -0.05) is 6.07 Å². The van der Waals surface area contributed by atoms with Crippen molar-refractivity contribution in [3.63, 3.8) is 0 Å². The summed E-state index contributed by atoms with van der Waals surface area (Å²) in [5.74, 6) is -0.835. The average molecular weight is 325 g/mol. The van der Waals surface area contributed by atoms with Crippen molar-refractivity contribution in [1.29, 1.82) is 5.26 Å². The topological polar surface area (TPSA) is 44.1 Å². The van der Waals surface area contributed by atoms with Crippen molar-refractivity contribution in [3.8, 4) is 6.07 Å². The monoisotopic (exact) mass is 324 g/mol. The van der Waals surface area contributed by atoms with Gasteiger partial charge in [-0.3, -0.25) is 4.79 Å². The van der Waals surface area contributed by atoms with Gasteiger partial charge in [0.05, 0.1) is 17.0 Å². The number of piperidine rings is 1. The molecule has 1 aromatic rings. The summed E-state index contributed by atoms with van der Waals surface area (Å²) in [6.07, 6.45) is 1.25. The number of benzene rings is 1. The zero-order valence-corrected chi connectivity index (χ0v) is 12.2. The van der Waals surface area contributed by atoms with Crippen molar-refractivity contribution in [1.82, 2.24) is 4.90 Å². The van der Waals surface area contributed by atoms with Crippen LogP contribution in [0, 0.1) is 22.6 Å². The minimum atomic E-state index is -0.520. The van der Waals surface area contributed by atoms with Gasteiger partial charge >= 0.3 is 0 Å². The summed E-state index contributed by atoms with van der Waals surface area (Å²) >= 11 is 3.21. The number of amides is 1. The SMILES string of the molecule is CC1(C#N)CCN(C(=O)c2c(F)cccc2Br)CC1. The van der Waals surface area contributed by atoms with Gasteiger partial charge in [0.25, 0.3) is 5.91 Å². The van der Waals surface area contributed by atoms with Crippen LogP contribution in [0.5, 0.6) is 0 Å². The molecule has 1 saturated heterocycles. The van der Waals surface area contributed by atoms with E-state index in [1.807, 2.05) is 6.92 Å². The molecule has 3 nitrogen and oxygen atoms in total. The first-order chi connectivity index (χ1) is 8.97. The molecule has 0 bridgehead atoms. The van der Waals surface area contributed by atoms with Gasteiger partial charge in [-0.2, -0.15) is 5.26 Å². The second-order valence-electron chi connectivity index (χ2n) is 5.06. The van der Waals surface area contributed by atoms with E-state index in [0.717, 1.165) is 0 Å². The highest BCUT2D eigenvalue weighted by Gasteiger charge is 2.33. The molecule has 19 heavy (non-hydrogen) atoms. The van der Waals surface area contributed by atoms with E-state index in [1.54, 1.807) is 17.0 Å². The molecule has 0 N–H and O–H groups in total. The van der Waals surface area contributed by atoms with Crippen LogP contribution in [0.3, 0.4) is 0 Å². The molecule has 1 aliphatic heterocycles. The predicted molar refractivity (Wildman–Crippen MR) is 73.0 cm³/mol. The summed E-state index contributed by atoms with van der Waals surface area (Å²) in [5.41, 5.74) is -0.300. The summed E-state index contributed by atoms with van der Waals surface area (Å²) < 4.78 is 14.2. The molecular formula is C14H14BrFN2O. The molecule has 5 heteroatoms. The molecule has 0 aromatic heterocycles. The Morgan fingerprint density at radius 2 is 2.11 bits per heavy atom. The molecule has 0 unspecified atom stereocenters. The predicted octanol–water partition coefficient (Wildman–Crippen LogP) is 3.35. The molecule has 1 aromatic carbocycles. The zero-order chi connectivity index (χ0) is 14.0. The number of nitriles is 1. The first-order valence-electron chi connectivity index (χ1n) is 6.11. The maximum Gasteiger partial charge on any atom is 0.257 e. The summed E-state index contributed by atoms with van der Waals surface area (Å²) in [6, 6.07) is 6.77. The van der Waals surface area contributed by atoms with E-state index in [-0.39, 0.29) is 16.9 Å². The quantitative estimate of drug-likeness (QED) is 0.795. The van der Waals surface area contributed by atoms with Crippen molar-refractivity contribution < 1.29 is 9.18 Å². The number of rotatable bonds is 1. The van der Waals surface area contributed by atoms with E-state index in [2.05, 4.69) is 22.0 Å². The molecule has 1 aliphatic rings. The third kappa shape index (κ3) is 2.79. The summed E-state index contributed by atoms with van der Waals surface area (Å²) in [5, 5.41) is 9.06. The second-order valence-corrected chi connectivity index (χ2v) is 5.92. The average Bonchev–Trinajstić information content (AvgIpc) is 2.39. The minimum Gasteiger partial charge on any atom is -0.338 e. The third-order valence-electron chi connectivity index (χ3n) is 3.60. The standard InChI is InChI=1S/C14H14BrFN2O/c1-14(9-17)5-7-18(8-6-14)13(19)12-10(15)3-2-4-11(12)16/h2-4H,5-8H2,1H3. The Morgan fingerprint density at radius 1 is 1.47 bits per heavy atom. The van der Waals surface area contributed by atoms with Crippen LogP contribution in [0.1, 0.15) is 30.1 Å². The molecule has 0 spiro atoms. The lowest BCUT2D eigenvalue weighted by atomic mass is 9.82. The van der Waals surface area contributed by atoms with Crippen molar-refractivity contribution in [2.75, 3.05) is 13.1 Å². The fraction of sp³-hybridized carbons (Fsp3) is 0.429. The van der Waals surface area contributed by atoms with Gasteiger partial charge in [-0.05, 0) is 47.8 Å². The van der Waals surface area contributed by atoms with Crippen LogP contribution in [0.15, 0.2) is 22.7 Å². The molecular weight excluding hydrogens is 311 g/mol. The molecule has 0 atom stereocenters. The first-order valence-corrected chi connectivity index (χ1v) is 6.91. The number of nitrogens with zero attached hydrogens (tertiary/aromatic N) is 2. The van der Waals surface area contributed by atoms with E-state index in [1.165, 1.54) is 6.07 Å². The summed E-state index contributed by atoms with van der Waals surface area (Å²) in [6.45, 7) is 2.88. The van der Waals surface area contributed by atoms with E-state index in [9.17, 15) is 9.18 Å². The lowest BCUT2D eigenvalue weighted by Crippen LogP contribution is -2.42. The Bertz CT molecular complexity index is 525. The van der Waals surface area contributed by atoms with Gasteiger partial charge in [-0.15, -0.1) is 0 Å². The Hall–Kier alpha value is -1.41. The molecule has 1 heterocycles. The highest BCUT2D eigenvalue weighted by atomic mass is 79.9. The lowest BCUT2D eigenvalue weighted by molar-refractivity contribution is 0.0656. The Kier molecular flexibility index (Phi) is 3.91. The van der Waals surface area contributed by atoms with Crippen molar-refractivity contribution >= 4 is 21.8 Å². The fourth-order valence-electron chi connectivity index (χ4n) is 2.18. The van der Waals surface area contributed by atoms with Gasteiger partial charge in [0.15, 0.2) is 0 Å². The molecule has 0 radical (unpaired) electrons. The van der Waals surface area contributed by atoms with Crippen LogP contribution >= 0.6 is 15.9 Å². The number of carbonyl (C=O) groups is 1. The van der Waals surface area contributed by atoms with Crippen LogP contribution in [0.4, 0.5) is 4.39 Å². The summed E-state index contributed by atoms with van der Waals surface area (Å²) in [7, 11) is 0. The Morgan fingerprint density at radius 3 is 2.63 bits per heavy atom. The highest BCUT2D eigenvalue weighted by Crippen LogP contribution is 2.31. The first kappa shape index (κ1) is 14.0. The van der Waals surface area contributed by atoms with Gasteiger partial charge in [0, 0.05) is 17.6 Å². The van der Waals surface area contributed by atoms with E-state index in [0.29, 0.717) is 30.4 Å². The number of carbonyl (C=O) groups excluding carboxylic acids is 1. The van der Waals surface area contributed by atoms with Gasteiger partial charge in [-0.25, -0.2) is 4.39 Å². The lowest BCUT2D eigenvalue weighted by Gasteiger charge is -2.35. The maximum atomic E-state index is 13.7. The Labute approximate surface area is 120 Å². The summed E-state index contributed by atoms with van der Waals surface area (Å²) in [4.78, 5) is 13.9. The van der Waals surface area contributed by atoms with Crippen LogP contribution in [-0.4, -0.2) is 23.9 Å². The van der Waals surface area contributed by atoms with E-state index < -0.39 is 5.82 Å². The third-order valence-corrected chi connectivity index (χ3v) is 4.26. The number of hydrogen-bond donors (Lipinski definition) is 0. The van der Waals surface area contributed by atoms with E-state index in [4.69, 9.17) is 5.26 Å². The number of halogens is 2. The number of hydrogen-bond acceptors (Lipinski definition) is 2. The van der Waals surface area contributed by atoms with Gasteiger partial charge in [0.1, 0.15) is 5.82 Å². The minimum absolute atomic E-state index is 0.0723. The van der Waals surface area contributed by atoms with E-state index >= 15 is 0 Å². The highest BCUT2D eigenvalue weighted by molar-refractivity contribution is 9.10.